The zero-order valence-electron chi connectivity index (χ0n) is 17.2. The van der Waals surface area contributed by atoms with Gasteiger partial charge in [-0.2, -0.15) is 10.6 Å². The lowest BCUT2D eigenvalue weighted by Crippen LogP contribution is -2.31. The molecule has 1 aromatic carbocycles. The fourth-order valence-electron chi connectivity index (χ4n) is 3.87. The Morgan fingerprint density at radius 3 is 2.47 bits per heavy atom. The Hall–Kier alpha value is -3.53. The SMILES string of the molecule is OS1(O)CCN(c2ncccc2CN(c2cccnc2)c2cncnc2)c2ccccc21. The number of benzene rings is 1. The molecule has 0 aliphatic carbocycles. The molecule has 1 aliphatic rings. The summed E-state index contributed by atoms with van der Waals surface area (Å²) in [5, 5.41) is 0. The van der Waals surface area contributed by atoms with Gasteiger partial charge in [-0.05, 0) is 30.3 Å². The summed E-state index contributed by atoms with van der Waals surface area (Å²) < 4.78 is 21.1. The van der Waals surface area contributed by atoms with Crippen molar-refractivity contribution < 1.29 is 9.11 Å². The fourth-order valence-corrected chi connectivity index (χ4v) is 5.34. The van der Waals surface area contributed by atoms with Gasteiger partial charge < -0.3 is 9.80 Å². The highest BCUT2D eigenvalue weighted by atomic mass is 32.3. The Labute approximate surface area is 187 Å². The molecule has 2 N–H and O–H groups in total. The van der Waals surface area contributed by atoms with E-state index < -0.39 is 10.6 Å². The van der Waals surface area contributed by atoms with E-state index in [1.54, 1.807) is 37.1 Å². The summed E-state index contributed by atoms with van der Waals surface area (Å²) in [6.07, 6.45) is 10.3. The quantitative estimate of drug-likeness (QED) is 0.448. The lowest BCUT2D eigenvalue weighted by atomic mass is 10.1. The van der Waals surface area contributed by atoms with Crippen molar-refractivity contribution in [1.29, 1.82) is 0 Å². The predicted molar refractivity (Wildman–Crippen MR) is 126 cm³/mol. The van der Waals surface area contributed by atoms with Crippen LogP contribution in [0.15, 0.2) is 90.7 Å². The second-order valence-electron chi connectivity index (χ2n) is 7.37. The van der Waals surface area contributed by atoms with Crippen molar-refractivity contribution in [2.45, 2.75) is 11.4 Å². The number of aromatic nitrogens is 4. The summed E-state index contributed by atoms with van der Waals surface area (Å²) in [4.78, 5) is 22.0. The van der Waals surface area contributed by atoms with Crippen molar-refractivity contribution in [3.05, 3.63) is 91.4 Å². The monoisotopic (exact) mass is 446 g/mol. The van der Waals surface area contributed by atoms with Gasteiger partial charge >= 0.3 is 0 Å². The van der Waals surface area contributed by atoms with Crippen LogP contribution in [0.1, 0.15) is 5.56 Å². The maximum Gasteiger partial charge on any atom is 0.138 e. The zero-order valence-corrected chi connectivity index (χ0v) is 18.0. The average molecular weight is 447 g/mol. The van der Waals surface area contributed by atoms with E-state index in [-0.39, 0.29) is 5.75 Å². The maximum atomic E-state index is 10.6. The van der Waals surface area contributed by atoms with Gasteiger partial charge in [-0.3, -0.25) is 14.1 Å². The van der Waals surface area contributed by atoms with Crippen molar-refractivity contribution in [1.82, 2.24) is 19.9 Å². The number of para-hydroxylation sites is 1. The second kappa shape index (κ2) is 8.54. The summed E-state index contributed by atoms with van der Waals surface area (Å²) >= 11 is 0. The number of hydrogen-bond acceptors (Lipinski definition) is 8. The molecular formula is C23H22N6O2S. The zero-order chi connectivity index (χ0) is 22.0. The molecule has 0 amide bonds. The van der Waals surface area contributed by atoms with Crippen LogP contribution in [0.5, 0.6) is 0 Å². The van der Waals surface area contributed by atoms with Crippen LogP contribution >= 0.6 is 10.6 Å². The van der Waals surface area contributed by atoms with E-state index in [2.05, 4.69) is 29.7 Å². The highest BCUT2D eigenvalue weighted by Crippen LogP contribution is 2.56. The second-order valence-corrected chi connectivity index (χ2v) is 9.55. The molecule has 162 valence electrons. The highest BCUT2D eigenvalue weighted by Gasteiger charge is 2.31. The van der Waals surface area contributed by atoms with Gasteiger partial charge in [-0.25, -0.2) is 15.0 Å². The largest absolute Gasteiger partial charge is 0.333 e. The number of nitrogens with zero attached hydrogens (tertiary/aromatic N) is 6. The maximum absolute atomic E-state index is 10.6. The lowest BCUT2D eigenvalue weighted by molar-refractivity contribution is 0.483. The first-order valence-corrected chi connectivity index (χ1v) is 11.8. The van der Waals surface area contributed by atoms with Gasteiger partial charge in [0.1, 0.15) is 12.1 Å². The van der Waals surface area contributed by atoms with Gasteiger partial charge in [-0.15, -0.1) is 0 Å². The molecule has 1 aliphatic heterocycles. The molecule has 0 radical (unpaired) electrons. The predicted octanol–water partition coefficient (Wildman–Crippen LogP) is 4.87. The molecule has 4 heterocycles. The minimum absolute atomic E-state index is 0.263. The smallest absolute Gasteiger partial charge is 0.138 e. The van der Waals surface area contributed by atoms with E-state index >= 15 is 0 Å². The molecule has 8 nitrogen and oxygen atoms in total. The van der Waals surface area contributed by atoms with Gasteiger partial charge in [0.05, 0.1) is 52.8 Å². The Balaban J connectivity index is 1.57. The number of anilines is 4. The molecule has 5 rings (SSSR count). The normalized spacial score (nSPS) is 15.6. The van der Waals surface area contributed by atoms with E-state index in [0.717, 1.165) is 28.4 Å². The first-order chi connectivity index (χ1) is 15.6. The number of hydrogen-bond donors (Lipinski definition) is 2. The summed E-state index contributed by atoms with van der Waals surface area (Å²) in [5.74, 6) is 1.04. The molecule has 0 saturated heterocycles. The number of fused-ring (bicyclic) bond motifs is 1. The average Bonchev–Trinajstić information content (AvgIpc) is 2.84. The molecule has 0 unspecified atom stereocenters. The molecule has 0 bridgehead atoms. The van der Waals surface area contributed by atoms with E-state index in [1.165, 1.54) is 6.33 Å². The third-order valence-corrected chi connectivity index (χ3v) is 7.18. The molecule has 0 saturated carbocycles. The van der Waals surface area contributed by atoms with E-state index in [9.17, 15) is 9.11 Å². The van der Waals surface area contributed by atoms with Crippen LogP contribution in [-0.4, -0.2) is 41.3 Å². The molecule has 0 atom stereocenters. The Morgan fingerprint density at radius 1 is 0.875 bits per heavy atom. The molecule has 4 aromatic rings. The molecule has 3 aromatic heterocycles. The van der Waals surface area contributed by atoms with Gasteiger partial charge in [0.2, 0.25) is 0 Å². The van der Waals surface area contributed by atoms with Crippen molar-refractivity contribution in [3.63, 3.8) is 0 Å². The van der Waals surface area contributed by atoms with Crippen molar-refractivity contribution in [2.24, 2.45) is 0 Å². The summed E-state index contributed by atoms with van der Waals surface area (Å²) in [6.45, 7) is 0.974. The first-order valence-electron chi connectivity index (χ1n) is 10.1. The standard InChI is InChI=1S/C23H22N6O2S/c30-32(31)12-11-28(21-7-1-2-8-22(21)32)23-18(5-3-10-27-23)16-29(19-6-4-9-24-13-19)20-14-25-17-26-15-20/h1-10,13-15,17,30-31H,11-12,16H2. The van der Waals surface area contributed by atoms with E-state index in [0.29, 0.717) is 18.0 Å². The minimum Gasteiger partial charge on any atom is -0.333 e. The van der Waals surface area contributed by atoms with E-state index in [4.69, 9.17) is 0 Å². The molecule has 0 spiro atoms. The minimum atomic E-state index is -2.81. The van der Waals surface area contributed by atoms with Crippen molar-refractivity contribution in [2.75, 3.05) is 22.1 Å². The van der Waals surface area contributed by atoms with Crippen LogP contribution in [-0.2, 0) is 6.54 Å². The number of rotatable bonds is 5. The topological polar surface area (TPSA) is 98.5 Å². The fraction of sp³-hybridized carbons (Fsp3) is 0.130. The Bertz CT molecular complexity index is 1170. The van der Waals surface area contributed by atoms with Crippen LogP contribution in [0.25, 0.3) is 0 Å². The van der Waals surface area contributed by atoms with Crippen LogP contribution in [0.3, 0.4) is 0 Å². The number of pyridine rings is 2. The molecule has 9 heteroatoms. The summed E-state index contributed by atoms with van der Waals surface area (Å²) in [6, 6.07) is 15.2. The third-order valence-electron chi connectivity index (χ3n) is 5.38. The van der Waals surface area contributed by atoms with Gasteiger partial charge in [0.15, 0.2) is 0 Å². The summed E-state index contributed by atoms with van der Waals surface area (Å²) in [7, 11) is -2.81. The molecular weight excluding hydrogens is 424 g/mol. The highest BCUT2D eigenvalue weighted by molar-refractivity contribution is 8.24. The van der Waals surface area contributed by atoms with Crippen LogP contribution in [0.2, 0.25) is 0 Å². The Morgan fingerprint density at radius 2 is 1.66 bits per heavy atom. The van der Waals surface area contributed by atoms with Crippen LogP contribution < -0.4 is 9.80 Å². The van der Waals surface area contributed by atoms with Gasteiger partial charge in [-0.1, -0.05) is 18.2 Å². The van der Waals surface area contributed by atoms with Crippen LogP contribution in [0.4, 0.5) is 22.9 Å². The van der Waals surface area contributed by atoms with Gasteiger partial charge in [0.25, 0.3) is 0 Å². The molecule has 0 fully saturated rings. The Kier molecular flexibility index (Phi) is 5.44. The van der Waals surface area contributed by atoms with E-state index in [1.807, 2.05) is 42.5 Å². The van der Waals surface area contributed by atoms with Crippen molar-refractivity contribution >= 4 is 33.5 Å². The summed E-state index contributed by atoms with van der Waals surface area (Å²) in [5.41, 5.74) is 3.50. The van der Waals surface area contributed by atoms with Gasteiger partial charge in [0, 0.05) is 24.5 Å². The molecule has 32 heavy (non-hydrogen) atoms. The lowest BCUT2D eigenvalue weighted by Gasteiger charge is -2.43. The van der Waals surface area contributed by atoms with Crippen LogP contribution in [0, 0.1) is 0 Å². The third kappa shape index (κ3) is 3.89. The van der Waals surface area contributed by atoms with Crippen molar-refractivity contribution in [3.8, 4) is 0 Å². The first kappa shape index (κ1) is 20.4.